The van der Waals surface area contributed by atoms with Crippen LogP contribution in [0.4, 0.5) is 0 Å². The quantitative estimate of drug-likeness (QED) is 0.498. The van der Waals surface area contributed by atoms with E-state index < -0.39 is 0 Å². The number of hydrogen-bond acceptors (Lipinski definition) is 3. The van der Waals surface area contributed by atoms with Gasteiger partial charge in [0.05, 0.1) is 0 Å². The highest BCUT2D eigenvalue weighted by Crippen LogP contribution is 2.35. The summed E-state index contributed by atoms with van der Waals surface area (Å²) in [7, 11) is 0. The molecule has 27 heavy (non-hydrogen) atoms. The van der Waals surface area contributed by atoms with E-state index in [1.54, 1.807) is 17.1 Å². The lowest BCUT2D eigenvalue weighted by molar-refractivity contribution is 0.105. The molecule has 0 N–H and O–H groups in total. The summed E-state index contributed by atoms with van der Waals surface area (Å²) in [5.74, 6) is 0.798. The minimum absolute atomic E-state index is 0.0632. The molecule has 0 spiro atoms. The van der Waals surface area contributed by atoms with Crippen LogP contribution in [-0.2, 0) is 6.42 Å². The smallest absolute Gasteiger partial charge is 0.211 e. The Morgan fingerprint density at radius 3 is 2.67 bits per heavy atom. The lowest BCUT2D eigenvalue weighted by Crippen LogP contribution is -2.24. The molecule has 0 amide bonds. The lowest BCUT2D eigenvalue weighted by Gasteiger charge is -2.16. The highest BCUT2D eigenvalue weighted by atomic mass is 16.5. The summed E-state index contributed by atoms with van der Waals surface area (Å²) in [6.45, 7) is 6.16. The third-order valence-corrected chi connectivity index (χ3v) is 4.69. The van der Waals surface area contributed by atoms with Gasteiger partial charge in [0.2, 0.25) is 5.78 Å². The highest BCUT2D eigenvalue weighted by molar-refractivity contribution is 6.27. The molecular formula is C23H22N2O2. The minimum Gasteiger partial charge on any atom is -0.487 e. The zero-order valence-electron chi connectivity index (χ0n) is 15.8. The zero-order valence-corrected chi connectivity index (χ0v) is 15.8. The van der Waals surface area contributed by atoms with Gasteiger partial charge in [0, 0.05) is 24.4 Å². The molecule has 2 aromatic carbocycles. The summed E-state index contributed by atoms with van der Waals surface area (Å²) in [5, 5.41) is 4.28. The highest BCUT2D eigenvalue weighted by Gasteiger charge is 2.30. The molecule has 3 aromatic rings. The third kappa shape index (κ3) is 3.56. The summed E-state index contributed by atoms with van der Waals surface area (Å²) in [4.78, 5) is 13.3. The first-order valence-corrected chi connectivity index (χ1v) is 9.06. The van der Waals surface area contributed by atoms with Crippen molar-refractivity contribution in [2.24, 2.45) is 0 Å². The number of benzene rings is 2. The number of ether oxygens (including phenoxy) is 1. The first kappa shape index (κ1) is 17.3. The fourth-order valence-corrected chi connectivity index (χ4v) is 3.37. The van der Waals surface area contributed by atoms with Crippen LogP contribution < -0.4 is 4.74 Å². The van der Waals surface area contributed by atoms with E-state index in [1.807, 2.05) is 61.5 Å². The largest absolute Gasteiger partial charge is 0.487 e. The van der Waals surface area contributed by atoms with Gasteiger partial charge in [-0.15, -0.1) is 0 Å². The molecule has 0 aliphatic carbocycles. The van der Waals surface area contributed by atoms with E-state index in [9.17, 15) is 4.79 Å². The predicted molar refractivity (Wildman–Crippen MR) is 107 cm³/mol. The number of aromatic nitrogens is 2. The van der Waals surface area contributed by atoms with Crippen molar-refractivity contribution in [3.63, 3.8) is 0 Å². The van der Waals surface area contributed by atoms with Crippen LogP contribution in [0.1, 0.15) is 40.9 Å². The second-order valence-corrected chi connectivity index (χ2v) is 7.58. The molecule has 0 radical (unpaired) electrons. The average molecular weight is 358 g/mol. The number of carbonyl (C=O) groups is 1. The molecule has 1 aliphatic heterocycles. The summed E-state index contributed by atoms with van der Waals surface area (Å²) < 4.78 is 7.55. The van der Waals surface area contributed by atoms with Crippen molar-refractivity contribution >= 4 is 17.6 Å². The van der Waals surface area contributed by atoms with E-state index in [-0.39, 0.29) is 11.4 Å². The maximum atomic E-state index is 13.3. The Balaban J connectivity index is 1.73. The number of ketones is 1. The average Bonchev–Trinajstić information content (AvgIpc) is 3.26. The second kappa shape index (κ2) is 6.54. The van der Waals surface area contributed by atoms with Crippen molar-refractivity contribution in [3.05, 3.63) is 83.2 Å². The fraction of sp³-hybridized carbons (Fsp3) is 0.217. The van der Waals surface area contributed by atoms with Gasteiger partial charge in [0.1, 0.15) is 17.0 Å². The molecule has 2 heterocycles. The van der Waals surface area contributed by atoms with Crippen molar-refractivity contribution in [1.82, 2.24) is 9.78 Å². The van der Waals surface area contributed by atoms with Crippen LogP contribution >= 0.6 is 0 Å². The van der Waals surface area contributed by atoms with E-state index in [1.165, 1.54) is 5.56 Å². The molecule has 4 heteroatoms. The zero-order chi connectivity index (χ0) is 19.0. The molecule has 1 aliphatic rings. The van der Waals surface area contributed by atoms with Crippen LogP contribution in [0.3, 0.4) is 0 Å². The summed E-state index contributed by atoms with van der Waals surface area (Å²) in [6.07, 6.45) is 6.14. The SMILES string of the molecule is Cc1ccc(C=C(C(=O)c2ccc3c(c2)CC(C)(C)O3)n2cccn2)cc1. The van der Waals surface area contributed by atoms with Crippen LogP contribution in [0.15, 0.2) is 60.9 Å². The molecule has 0 unspecified atom stereocenters. The van der Waals surface area contributed by atoms with Gasteiger partial charge in [-0.25, -0.2) is 4.68 Å². The van der Waals surface area contributed by atoms with Gasteiger partial charge in [-0.2, -0.15) is 5.10 Å². The third-order valence-electron chi connectivity index (χ3n) is 4.69. The maximum absolute atomic E-state index is 13.3. The Bertz CT molecular complexity index is 1010. The number of fused-ring (bicyclic) bond motifs is 1. The maximum Gasteiger partial charge on any atom is 0.211 e. The van der Waals surface area contributed by atoms with E-state index in [4.69, 9.17) is 4.74 Å². The number of aryl methyl sites for hydroxylation is 1. The monoisotopic (exact) mass is 358 g/mol. The molecule has 0 saturated carbocycles. The van der Waals surface area contributed by atoms with Gasteiger partial charge < -0.3 is 4.74 Å². The van der Waals surface area contributed by atoms with Gasteiger partial charge in [0.15, 0.2) is 0 Å². The molecule has 136 valence electrons. The van der Waals surface area contributed by atoms with Gasteiger partial charge in [-0.05, 0) is 62.2 Å². The minimum atomic E-state index is -0.230. The predicted octanol–water partition coefficient (Wildman–Crippen LogP) is 4.79. The molecule has 0 bridgehead atoms. The first-order chi connectivity index (χ1) is 12.9. The standard InChI is InChI=1S/C23H22N2O2/c1-16-5-7-17(8-6-16)13-20(25-12-4-11-24-25)22(26)18-9-10-21-19(14-18)15-23(2,3)27-21/h4-14H,15H2,1-3H3. The van der Waals surface area contributed by atoms with Crippen LogP contribution in [0.25, 0.3) is 11.8 Å². The molecule has 0 fully saturated rings. The van der Waals surface area contributed by atoms with Gasteiger partial charge in [0.25, 0.3) is 0 Å². The number of rotatable bonds is 4. The first-order valence-electron chi connectivity index (χ1n) is 9.06. The normalized spacial score (nSPS) is 15.3. The summed E-state index contributed by atoms with van der Waals surface area (Å²) in [6, 6.07) is 15.6. The second-order valence-electron chi connectivity index (χ2n) is 7.58. The Morgan fingerprint density at radius 2 is 1.96 bits per heavy atom. The van der Waals surface area contributed by atoms with Crippen LogP contribution in [0.5, 0.6) is 5.75 Å². The molecule has 1 aromatic heterocycles. The van der Waals surface area contributed by atoms with E-state index in [2.05, 4.69) is 18.9 Å². The molecular weight excluding hydrogens is 336 g/mol. The lowest BCUT2D eigenvalue weighted by atomic mass is 9.98. The molecule has 4 rings (SSSR count). The van der Waals surface area contributed by atoms with Gasteiger partial charge >= 0.3 is 0 Å². The number of hydrogen-bond donors (Lipinski definition) is 0. The van der Waals surface area contributed by atoms with E-state index in [0.29, 0.717) is 11.3 Å². The van der Waals surface area contributed by atoms with Crippen molar-refractivity contribution in [2.45, 2.75) is 32.8 Å². The van der Waals surface area contributed by atoms with Crippen molar-refractivity contribution in [2.75, 3.05) is 0 Å². The van der Waals surface area contributed by atoms with Crippen LogP contribution in [0.2, 0.25) is 0 Å². The Kier molecular flexibility index (Phi) is 4.19. The summed E-state index contributed by atoms with van der Waals surface area (Å²) in [5.41, 5.74) is 4.14. The molecule has 4 nitrogen and oxygen atoms in total. The number of nitrogens with zero attached hydrogens (tertiary/aromatic N) is 2. The number of Topliss-reactive ketones (excluding diaryl/α,β-unsaturated/α-hetero) is 1. The Hall–Kier alpha value is -3.14. The molecule has 0 atom stereocenters. The van der Waals surface area contributed by atoms with Crippen molar-refractivity contribution < 1.29 is 9.53 Å². The topological polar surface area (TPSA) is 44.1 Å². The molecule has 0 saturated heterocycles. The Labute approximate surface area is 159 Å². The number of carbonyl (C=O) groups excluding carboxylic acids is 1. The number of allylic oxidation sites excluding steroid dienone is 1. The Morgan fingerprint density at radius 1 is 1.19 bits per heavy atom. The van der Waals surface area contributed by atoms with Crippen LogP contribution in [-0.4, -0.2) is 21.2 Å². The fourth-order valence-electron chi connectivity index (χ4n) is 3.37. The van der Waals surface area contributed by atoms with E-state index in [0.717, 1.165) is 23.3 Å². The van der Waals surface area contributed by atoms with Crippen molar-refractivity contribution in [3.8, 4) is 5.75 Å². The van der Waals surface area contributed by atoms with Crippen LogP contribution in [0, 0.1) is 6.92 Å². The van der Waals surface area contributed by atoms with Gasteiger partial charge in [-0.3, -0.25) is 4.79 Å². The van der Waals surface area contributed by atoms with Gasteiger partial charge in [-0.1, -0.05) is 29.8 Å². The summed E-state index contributed by atoms with van der Waals surface area (Å²) >= 11 is 0. The van der Waals surface area contributed by atoms with E-state index >= 15 is 0 Å². The van der Waals surface area contributed by atoms with Crippen molar-refractivity contribution in [1.29, 1.82) is 0 Å².